The number of H-pyrrole nitrogens is 1. The molecule has 12 heteroatoms. The maximum Gasteiger partial charge on any atom is 0.330 e. The van der Waals surface area contributed by atoms with E-state index in [1.54, 1.807) is 0 Å². The summed E-state index contributed by atoms with van der Waals surface area (Å²) in [7, 11) is -4.45. The highest BCUT2D eigenvalue weighted by atomic mass is 28.4. The highest BCUT2D eigenvalue weighted by molar-refractivity contribution is 6.74. The fourth-order valence-corrected chi connectivity index (χ4v) is 5.83. The molecule has 35 heavy (non-hydrogen) atoms. The normalized spacial score (nSPS) is 24.7. The topological polar surface area (TPSA) is 141 Å². The number of oxime groups is 1. The molecule has 4 unspecified atom stereocenters. The highest BCUT2D eigenvalue weighted by Gasteiger charge is 2.52. The summed E-state index contributed by atoms with van der Waals surface area (Å²) in [6.45, 7) is 21.7. The van der Waals surface area contributed by atoms with Crippen LogP contribution in [0.1, 0.15) is 54.2 Å². The van der Waals surface area contributed by atoms with Crippen molar-refractivity contribution in [2.75, 3.05) is 6.61 Å². The Balaban J connectivity index is 2.56. The molecule has 1 fully saturated rings. The quantitative estimate of drug-likeness (QED) is 0.154. The SMILES string of the molecule is CC(C)(C)[Si](C)(C)OCC1OC(n2ccc(=O)[nH]c2=O)C(O[Si](C)(C)C(C)(C)C)C1CC(N)=NO. The van der Waals surface area contributed by atoms with Gasteiger partial charge in [-0.05, 0) is 36.3 Å². The standard InChI is InChI=1S/C23H44N4O6Si2/c1-22(2,3)34(7,8)31-14-16-15(13-17(24)26-30)19(33-35(9,10)23(4,5)6)20(32-16)27-12-11-18(28)25-21(27)29/h11-12,15-16,19-20,30H,13-14H2,1-10H3,(H2,24,26)(H,25,28,29). The van der Waals surface area contributed by atoms with Crippen LogP contribution in [0.25, 0.3) is 0 Å². The smallest absolute Gasteiger partial charge is 0.330 e. The zero-order valence-electron chi connectivity index (χ0n) is 22.8. The Morgan fingerprint density at radius 2 is 1.71 bits per heavy atom. The third-order valence-electron chi connectivity index (χ3n) is 7.84. The molecule has 1 aromatic rings. The summed E-state index contributed by atoms with van der Waals surface area (Å²) in [5.74, 6) is -0.289. The molecule has 1 aromatic heterocycles. The zero-order chi connectivity index (χ0) is 27.0. The zero-order valence-corrected chi connectivity index (χ0v) is 24.8. The van der Waals surface area contributed by atoms with Gasteiger partial charge in [0.2, 0.25) is 0 Å². The number of nitrogens with one attached hydrogen (secondary N) is 1. The lowest BCUT2D eigenvalue weighted by Gasteiger charge is -2.41. The second kappa shape index (κ2) is 10.3. The van der Waals surface area contributed by atoms with Gasteiger partial charge in [0.15, 0.2) is 22.9 Å². The van der Waals surface area contributed by atoms with Crippen molar-refractivity contribution in [1.82, 2.24) is 9.55 Å². The number of aromatic nitrogens is 2. The summed E-state index contributed by atoms with van der Waals surface area (Å²) < 4.78 is 21.1. The van der Waals surface area contributed by atoms with Crippen molar-refractivity contribution < 1.29 is 18.8 Å². The van der Waals surface area contributed by atoms with Crippen LogP contribution in [-0.2, 0) is 13.6 Å². The Hall–Kier alpha value is -1.74. The average molecular weight is 529 g/mol. The van der Waals surface area contributed by atoms with Crippen LogP contribution in [0.15, 0.2) is 27.0 Å². The highest BCUT2D eigenvalue weighted by Crippen LogP contribution is 2.45. The van der Waals surface area contributed by atoms with Crippen molar-refractivity contribution in [3.63, 3.8) is 0 Å². The van der Waals surface area contributed by atoms with Gasteiger partial charge in [0.05, 0.1) is 18.8 Å². The van der Waals surface area contributed by atoms with Crippen LogP contribution in [0, 0.1) is 5.92 Å². The Morgan fingerprint density at radius 3 is 2.20 bits per heavy atom. The Bertz CT molecular complexity index is 1020. The molecule has 4 atom stereocenters. The molecule has 10 nitrogen and oxygen atoms in total. The van der Waals surface area contributed by atoms with E-state index >= 15 is 0 Å². The number of nitrogens with two attached hydrogens (primary N) is 1. The van der Waals surface area contributed by atoms with Gasteiger partial charge in [-0.3, -0.25) is 14.3 Å². The van der Waals surface area contributed by atoms with Crippen LogP contribution in [0.4, 0.5) is 0 Å². The van der Waals surface area contributed by atoms with E-state index in [0.717, 1.165) is 0 Å². The van der Waals surface area contributed by atoms with Crippen LogP contribution < -0.4 is 17.0 Å². The third-order valence-corrected chi connectivity index (χ3v) is 16.8. The van der Waals surface area contributed by atoms with E-state index in [4.69, 9.17) is 19.3 Å². The van der Waals surface area contributed by atoms with E-state index in [0.29, 0.717) is 0 Å². The lowest BCUT2D eigenvalue weighted by Crippen LogP contribution is -2.49. The second-order valence-electron chi connectivity index (χ2n) is 12.5. The van der Waals surface area contributed by atoms with Crippen molar-refractivity contribution in [3.05, 3.63) is 33.1 Å². The van der Waals surface area contributed by atoms with Gasteiger partial charge in [-0.1, -0.05) is 46.7 Å². The Kier molecular flexibility index (Phi) is 8.70. The van der Waals surface area contributed by atoms with Crippen molar-refractivity contribution in [2.24, 2.45) is 16.8 Å². The molecule has 2 rings (SSSR count). The van der Waals surface area contributed by atoms with Crippen LogP contribution in [0.3, 0.4) is 0 Å². The molecule has 200 valence electrons. The summed E-state index contributed by atoms with van der Waals surface area (Å²) in [6.07, 6.45) is -0.227. The maximum atomic E-state index is 12.7. The van der Waals surface area contributed by atoms with Crippen molar-refractivity contribution >= 4 is 22.5 Å². The van der Waals surface area contributed by atoms with E-state index in [2.05, 4.69) is 77.9 Å². The van der Waals surface area contributed by atoms with E-state index < -0.39 is 46.3 Å². The van der Waals surface area contributed by atoms with Crippen LogP contribution in [0.2, 0.25) is 36.3 Å². The van der Waals surface area contributed by atoms with Gasteiger partial charge < -0.3 is 24.5 Å². The summed E-state index contributed by atoms with van der Waals surface area (Å²) in [6, 6.07) is 1.28. The first-order chi connectivity index (χ1) is 15.8. The largest absolute Gasteiger partial charge is 0.414 e. The number of hydrogen-bond donors (Lipinski definition) is 3. The van der Waals surface area contributed by atoms with Crippen molar-refractivity contribution in [2.45, 2.75) is 103 Å². The number of aromatic amines is 1. The molecule has 0 aliphatic carbocycles. The molecule has 1 saturated heterocycles. The minimum atomic E-state index is -2.34. The molecule has 0 bridgehead atoms. The monoisotopic (exact) mass is 528 g/mol. The summed E-state index contributed by atoms with van der Waals surface area (Å²) in [5.41, 5.74) is 4.89. The van der Waals surface area contributed by atoms with Gasteiger partial charge in [0, 0.05) is 24.6 Å². The first kappa shape index (κ1) is 29.5. The number of ether oxygens (including phenoxy) is 1. The van der Waals surface area contributed by atoms with Gasteiger partial charge in [-0.25, -0.2) is 4.79 Å². The predicted molar refractivity (Wildman–Crippen MR) is 142 cm³/mol. The van der Waals surface area contributed by atoms with Crippen LogP contribution >= 0.6 is 0 Å². The Labute approximate surface area is 210 Å². The van der Waals surface area contributed by atoms with E-state index in [-0.39, 0.29) is 34.9 Å². The summed E-state index contributed by atoms with van der Waals surface area (Å²) in [4.78, 5) is 26.8. The van der Waals surface area contributed by atoms with Crippen LogP contribution in [0.5, 0.6) is 0 Å². The first-order valence-corrected chi connectivity index (χ1v) is 17.9. The number of amidine groups is 1. The summed E-state index contributed by atoms with van der Waals surface area (Å²) >= 11 is 0. The molecule has 0 amide bonds. The maximum absolute atomic E-state index is 12.7. The second-order valence-corrected chi connectivity index (χ2v) is 22.0. The van der Waals surface area contributed by atoms with Crippen molar-refractivity contribution in [1.29, 1.82) is 0 Å². The number of rotatable bonds is 8. The molecule has 2 heterocycles. The lowest BCUT2D eigenvalue weighted by molar-refractivity contribution is -0.0494. The average Bonchev–Trinajstić information content (AvgIpc) is 3.01. The Morgan fingerprint density at radius 1 is 1.14 bits per heavy atom. The van der Waals surface area contributed by atoms with Gasteiger partial charge >= 0.3 is 5.69 Å². The van der Waals surface area contributed by atoms with E-state index in [1.165, 1.54) is 16.8 Å². The van der Waals surface area contributed by atoms with Gasteiger partial charge in [0.25, 0.3) is 5.56 Å². The minimum Gasteiger partial charge on any atom is -0.414 e. The summed E-state index contributed by atoms with van der Waals surface area (Å²) in [5, 5.41) is 12.4. The molecule has 1 aliphatic rings. The van der Waals surface area contributed by atoms with Crippen molar-refractivity contribution in [3.8, 4) is 0 Å². The number of nitrogens with zero attached hydrogens (tertiary/aromatic N) is 2. The van der Waals surface area contributed by atoms with Gasteiger partial charge in [0.1, 0.15) is 5.84 Å². The lowest BCUT2D eigenvalue weighted by atomic mass is 9.94. The molecule has 4 N–H and O–H groups in total. The van der Waals surface area contributed by atoms with Gasteiger partial charge in [-0.2, -0.15) is 0 Å². The van der Waals surface area contributed by atoms with E-state index in [9.17, 15) is 14.8 Å². The number of hydrogen-bond acceptors (Lipinski definition) is 7. The molecule has 1 aliphatic heterocycles. The minimum absolute atomic E-state index is 0.00101. The molecule has 0 aromatic carbocycles. The fraction of sp³-hybridized carbons (Fsp3) is 0.783. The molecule has 0 radical (unpaired) electrons. The van der Waals surface area contributed by atoms with E-state index in [1.807, 2.05) is 0 Å². The fourth-order valence-electron chi connectivity index (χ4n) is 3.49. The van der Waals surface area contributed by atoms with Crippen LogP contribution in [-0.4, -0.2) is 56.0 Å². The molecular weight excluding hydrogens is 484 g/mol. The van der Waals surface area contributed by atoms with Gasteiger partial charge in [-0.15, -0.1) is 0 Å². The molecular formula is C23H44N4O6Si2. The third kappa shape index (κ3) is 6.73. The predicted octanol–water partition coefficient (Wildman–Crippen LogP) is 3.60. The molecule has 0 saturated carbocycles. The molecule has 0 spiro atoms. The first-order valence-electron chi connectivity index (χ1n) is 12.1.